The quantitative estimate of drug-likeness (QED) is 0.588. The highest BCUT2D eigenvalue weighted by molar-refractivity contribution is 7.88. The molecule has 1 aliphatic heterocycles. The SMILES string of the molecule is Bc1ccc2c(c1)CCN(S(C)(=O)=O)C2. The number of benzene rings is 1. The molecule has 80 valence electrons. The third kappa shape index (κ3) is 2.24. The number of fused-ring (bicyclic) bond motifs is 1. The van der Waals surface area contributed by atoms with Crippen LogP contribution in [0.1, 0.15) is 11.1 Å². The standard InChI is InChI=1S/C10H14BNO2S/c1-15(13,14)12-5-4-8-6-10(11)3-2-9(8)7-12/h2-3,6H,4-5,7,11H2,1H3. The molecule has 0 aliphatic carbocycles. The summed E-state index contributed by atoms with van der Waals surface area (Å²) >= 11 is 0. The van der Waals surface area contributed by atoms with Gasteiger partial charge in [-0.15, -0.1) is 0 Å². The highest BCUT2D eigenvalue weighted by Crippen LogP contribution is 2.19. The van der Waals surface area contributed by atoms with Gasteiger partial charge in [0.2, 0.25) is 10.0 Å². The minimum Gasteiger partial charge on any atom is -0.212 e. The monoisotopic (exact) mass is 223 g/mol. The fraction of sp³-hybridized carbons (Fsp3) is 0.400. The van der Waals surface area contributed by atoms with Gasteiger partial charge in [-0.05, 0) is 17.5 Å². The summed E-state index contributed by atoms with van der Waals surface area (Å²) in [4.78, 5) is 0. The molecule has 1 heterocycles. The van der Waals surface area contributed by atoms with E-state index in [-0.39, 0.29) is 0 Å². The molecule has 0 saturated heterocycles. The summed E-state index contributed by atoms with van der Waals surface area (Å²) in [7, 11) is -0.987. The van der Waals surface area contributed by atoms with Crippen LogP contribution in [0.25, 0.3) is 0 Å². The lowest BCUT2D eigenvalue weighted by Gasteiger charge is -2.26. The number of hydrogen-bond donors (Lipinski definition) is 0. The van der Waals surface area contributed by atoms with Crippen molar-refractivity contribution in [3.8, 4) is 0 Å². The summed E-state index contributed by atoms with van der Waals surface area (Å²) in [6, 6.07) is 6.21. The van der Waals surface area contributed by atoms with Gasteiger partial charge in [-0.1, -0.05) is 23.7 Å². The smallest absolute Gasteiger partial charge is 0.211 e. The van der Waals surface area contributed by atoms with Crippen molar-refractivity contribution in [1.82, 2.24) is 4.31 Å². The highest BCUT2D eigenvalue weighted by Gasteiger charge is 2.22. The van der Waals surface area contributed by atoms with Gasteiger partial charge in [0.1, 0.15) is 7.85 Å². The summed E-state index contributed by atoms with van der Waals surface area (Å²) in [6.07, 6.45) is 2.09. The van der Waals surface area contributed by atoms with Gasteiger partial charge >= 0.3 is 0 Å². The molecule has 0 bridgehead atoms. The largest absolute Gasteiger partial charge is 0.212 e. The van der Waals surface area contributed by atoms with Gasteiger partial charge in [0.25, 0.3) is 0 Å². The zero-order valence-corrected chi connectivity index (χ0v) is 9.84. The van der Waals surface area contributed by atoms with Crippen molar-refractivity contribution in [2.75, 3.05) is 12.8 Å². The van der Waals surface area contributed by atoms with Crippen molar-refractivity contribution in [3.63, 3.8) is 0 Å². The summed E-state index contributed by atoms with van der Waals surface area (Å²) in [5.41, 5.74) is 3.66. The molecule has 3 nitrogen and oxygen atoms in total. The first-order valence-corrected chi connectivity index (χ1v) is 6.85. The minimum absolute atomic E-state index is 0.522. The second-order valence-corrected chi connectivity index (χ2v) is 6.10. The first-order chi connectivity index (χ1) is 6.97. The van der Waals surface area contributed by atoms with Crippen LogP contribution in [-0.2, 0) is 23.0 Å². The Bertz CT molecular complexity index is 484. The van der Waals surface area contributed by atoms with Gasteiger partial charge < -0.3 is 0 Å². The van der Waals surface area contributed by atoms with Gasteiger partial charge in [-0.25, -0.2) is 8.42 Å². The Labute approximate surface area is 91.6 Å². The van der Waals surface area contributed by atoms with Crippen molar-refractivity contribution in [3.05, 3.63) is 29.3 Å². The lowest BCUT2D eigenvalue weighted by molar-refractivity contribution is 0.395. The summed E-state index contributed by atoms with van der Waals surface area (Å²) in [5.74, 6) is 0. The second kappa shape index (κ2) is 3.65. The summed E-state index contributed by atoms with van der Waals surface area (Å²) < 4.78 is 24.3. The molecule has 1 aromatic rings. The Morgan fingerprint density at radius 2 is 2.07 bits per heavy atom. The molecular weight excluding hydrogens is 209 g/mol. The van der Waals surface area contributed by atoms with Gasteiger partial charge in [0.05, 0.1) is 6.26 Å². The molecule has 1 aliphatic rings. The molecule has 0 unspecified atom stereocenters. The molecule has 0 N–H and O–H groups in total. The first kappa shape index (κ1) is 10.7. The van der Waals surface area contributed by atoms with Crippen LogP contribution in [0.5, 0.6) is 0 Å². The van der Waals surface area contributed by atoms with Gasteiger partial charge in [-0.2, -0.15) is 4.31 Å². The van der Waals surface area contributed by atoms with E-state index in [9.17, 15) is 8.42 Å². The van der Waals surface area contributed by atoms with Crippen LogP contribution in [0.3, 0.4) is 0 Å². The zero-order valence-electron chi connectivity index (χ0n) is 9.03. The maximum Gasteiger partial charge on any atom is 0.211 e. The Morgan fingerprint density at radius 1 is 1.33 bits per heavy atom. The Hall–Kier alpha value is -0.805. The molecule has 0 atom stereocenters. The van der Waals surface area contributed by atoms with Crippen LogP contribution >= 0.6 is 0 Å². The van der Waals surface area contributed by atoms with E-state index >= 15 is 0 Å². The van der Waals surface area contributed by atoms with Crippen LogP contribution in [0.15, 0.2) is 18.2 Å². The fourth-order valence-corrected chi connectivity index (χ4v) is 2.74. The Kier molecular flexibility index (Phi) is 2.60. The van der Waals surface area contributed by atoms with E-state index < -0.39 is 10.0 Å². The maximum absolute atomic E-state index is 11.4. The molecular formula is C10H14BNO2S. The molecule has 1 aromatic carbocycles. The van der Waals surface area contributed by atoms with Gasteiger partial charge in [0.15, 0.2) is 0 Å². The van der Waals surface area contributed by atoms with E-state index in [4.69, 9.17) is 0 Å². The van der Waals surface area contributed by atoms with E-state index in [0.717, 1.165) is 12.0 Å². The molecule has 0 fully saturated rings. The zero-order chi connectivity index (χ0) is 11.1. The number of hydrogen-bond acceptors (Lipinski definition) is 2. The number of nitrogens with zero attached hydrogens (tertiary/aromatic N) is 1. The van der Waals surface area contributed by atoms with Crippen LogP contribution in [0.4, 0.5) is 0 Å². The van der Waals surface area contributed by atoms with Gasteiger partial charge in [0, 0.05) is 13.1 Å². The molecule has 0 aromatic heterocycles. The normalized spacial score (nSPS) is 17.4. The molecule has 5 heteroatoms. The van der Waals surface area contributed by atoms with E-state index in [0.29, 0.717) is 13.1 Å². The van der Waals surface area contributed by atoms with Crippen LogP contribution in [0.2, 0.25) is 0 Å². The van der Waals surface area contributed by atoms with E-state index in [1.54, 1.807) is 0 Å². The lowest BCUT2D eigenvalue weighted by Crippen LogP contribution is -2.35. The lowest BCUT2D eigenvalue weighted by atomic mass is 9.90. The van der Waals surface area contributed by atoms with Crippen molar-refractivity contribution >= 4 is 23.3 Å². The molecule has 0 saturated carbocycles. The molecule has 0 spiro atoms. The average molecular weight is 223 g/mol. The number of sulfonamides is 1. The molecule has 15 heavy (non-hydrogen) atoms. The third-order valence-electron chi connectivity index (χ3n) is 2.81. The van der Waals surface area contributed by atoms with E-state index in [1.807, 2.05) is 12.1 Å². The highest BCUT2D eigenvalue weighted by atomic mass is 32.2. The topological polar surface area (TPSA) is 37.4 Å². The number of rotatable bonds is 1. The van der Waals surface area contributed by atoms with Crippen LogP contribution in [0, 0.1) is 0 Å². The van der Waals surface area contributed by atoms with E-state index in [1.165, 1.54) is 21.6 Å². The predicted octanol–water partition coefficient (Wildman–Crippen LogP) is -0.737. The van der Waals surface area contributed by atoms with Crippen molar-refractivity contribution < 1.29 is 8.42 Å². The third-order valence-corrected chi connectivity index (χ3v) is 4.06. The second-order valence-electron chi connectivity index (χ2n) is 4.12. The molecule has 2 rings (SSSR count). The van der Waals surface area contributed by atoms with Crippen molar-refractivity contribution in [1.29, 1.82) is 0 Å². The summed E-state index contributed by atoms with van der Waals surface area (Å²) in [5, 5.41) is 0. The van der Waals surface area contributed by atoms with Crippen molar-refractivity contribution in [2.24, 2.45) is 0 Å². The Morgan fingerprint density at radius 3 is 2.73 bits per heavy atom. The van der Waals surface area contributed by atoms with Gasteiger partial charge in [-0.3, -0.25) is 0 Å². The minimum atomic E-state index is -3.05. The maximum atomic E-state index is 11.4. The Balaban J connectivity index is 2.32. The fourth-order valence-electron chi connectivity index (χ4n) is 1.94. The predicted molar refractivity (Wildman–Crippen MR) is 63.6 cm³/mol. The first-order valence-electron chi connectivity index (χ1n) is 5.00. The van der Waals surface area contributed by atoms with Crippen molar-refractivity contribution in [2.45, 2.75) is 13.0 Å². The van der Waals surface area contributed by atoms with E-state index in [2.05, 4.69) is 13.9 Å². The molecule has 0 amide bonds. The van der Waals surface area contributed by atoms with Crippen LogP contribution in [-0.4, -0.2) is 33.4 Å². The average Bonchev–Trinajstić information content (AvgIpc) is 2.15. The summed E-state index contributed by atoms with van der Waals surface area (Å²) in [6.45, 7) is 1.13. The van der Waals surface area contributed by atoms with Crippen LogP contribution < -0.4 is 5.46 Å². The molecule has 0 radical (unpaired) electrons.